The normalized spacial score (nSPS) is 15.3. The third-order valence-corrected chi connectivity index (χ3v) is 4.22. The van der Waals surface area contributed by atoms with Crippen molar-refractivity contribution in [2.75, 3.05) is 6.54 Å². The monoisotopic (exact) mass is 265 g/mol. The van der Waals surface area contributed by atoms with Gasteiger partial charge in [-0.2, -0.15) is 0 Å². The summed E-state index contributed by atoms with van der Waals surface area (Å²) in [5.74, 6) is 0.0810. The maximum absolute atomic E-state index is 10.6. The Morgan fingerprint density at radius 3 is 2.42 bits per heavy atom. The van der Waals surface area contributed by atoms with Crippen LogP contribution in [-0.2, 0) is 6.42 Å². The van der Waals surface area contributed by atoms with E-state index in [1.807, 2.05) is 32.0 Å². The second-order valence-electron chi connectivity index (χ2n) is 5.37. The minimum atomic E-state index is -0.662. The van der Waals surface area contributed by atoms with Gasteiger partial charge in [0, 0.05) is 12.5 Å². The predicted octanol–water partition coefficient (Wildman–Crippen LogP) is 2.20. The van der Waals surface area contributed by atoms with E-state index >= 15 is 0 Å². The van der Waals surface area contributed by atoms with E-state index in [-0.39, 0.29) is 12.5 Å². The van der Waals surface area contributed by atoms with Crippen molar-refractivity contribution in [2.45, 2.75) is 57.7 Å². The molecular weight excluding hydrogens is 238 g/mol. The van der Waals surface area contributed by atoms with Crippen molar-refractivity contribution in [3.63, 3.8) is 0 Å². The van der Waals surface area contributed by atoms with E-state index < -0.39 is 11.7 Å². The highest BCUT2D eigenvalue weighted by Gasteiger charge is 2.30. The molecular formula is C16H27NO2. The molecule has 1 aromatic rings. The Balaban J connectivity index is 2.92. The van der Waals surface area contributed by atoms with Crippen molar-refractivity contribution in [2.24, 2.45) is 5.73 Å². The summed E-state index contributed by atoms with van der Waals surface area (Å²) < 4.78 is 0. The molecule has 0 radical (unpaired) electrons. The van der Waals surface area contributed by atoms with Crippen molar-refractivity contribution in [1.82, 2.24) is 0 Å². The van der Waals surface area contributed by atoms with Gasteiger partial charge in [0.25, 0.3) is 0 Å². The van der Waals surface area contributed by atoms with Gasteiger partial charge in [-0.1, -0.05) is 45.0 Å². The molecule has 2 unspecified atom stereocenters. The van der Waals surface area contributed by atoms with E-state index in [4.69, 9.17) is 5.73 Å². The zero-order chi connectivity index (χ0) is 14.5. The molecule has 0 amide bonds. The highest BCUT2D eigenvalue weighted by atomic mass is 16.3. The lowest BCUT2D eigenvalue weighted by Gasteiger charge is -2.33. The summed E-state index contributed by atoms with van der Waals surface area (Å²) in [4.78, 5) is 0. The maximum atomic E-state index is 10.6. The quantitative estimate of drug-likeness (QED) is 0.708. The van der Waals surface area contributed by atoms with Crippen LogP contribution < -0.4 is 5.73 Å². The lowest BCUT2D eigenvalue weighted by Crippen LogP contribution is -2.33. The zero-order valence-electron chi connectivity index (χ0n) is 12.3. The van der Waals surface area contributed by atoms with E-state index in [0.717, 1.165) is 24.0 Å². The first-order chi connectivity index (χ1) is 8.96. The van der Waals surface area contributed by atoms with Gasteiger partial charge in [-0.15, -0.1) is 0 Å². The van der Waals surface area contributed by atoms with Crippen molar-refractivity contribution in [3.8, 4) is 0 Å². The molecule has 0 bridgehead atoms. The summed E-state index contributed by atoms with van der Waals surface area (Å²) in [5, 5.41) is 20.2. The zero-order valence-corrected chi connectivity index (χ0v) is 12.3. The topological polar surface area (TPSA) is 66.5 Å². The minimum absolute atomic E-state index is 0.0810. The predicted molar refractivity (Wildman–Crippen MR) is 79.2 cm³/mol. The van der Waals surface area contributed by atoms with E-state index in [9.17, 15) is 10.2 Å². The molecule has 1 aromatic carbocycles. The molecule has 4 N–H and O–H groups in total. The number of nitrogens with two attached hydrogens (primary N) is 1. The fourth-order valence-electron chi connectivity index (χ4n) is 2.52. The van der Waals surface area contributed by atoms with E-state index in [2.05, 4.69) is 13.0 Å². The van der Waals surface area contributed by atoms with Crippen LogP contribution in [0.4, 0.5) is 0 Å². The second kappa shape index (κ2) is 7.04. The van der Waals surface area contributed by atoms with Crippen LogP contribution in [0.2, 0.25) is 0 Å². The first kappa shape index (κ1) is 16.2. The van der Waals surface area contributed by atoms with Crippen LogP contribution in [0.15, 0.2) is 24.3 Å². The van der Waals surface area contributed by atoms with Gasteiger partial charge in [0.2, 0.25) is 0 Å². The van der Waals surface area contributed by atoms with Crippen molar-refractivity contribution < 1.29 is 10.2 Å². The van der Waals surface area contributed by atoms with E-state index in [1.165, 1.54) is 0 Å². The van der Waals surface area contributed by atoms with Crippen LogP contribution in [-0.4, -0.2) is 28.5 Å². The largest absolute Gasteiger partial charge is 0.391 e. The van der Waals surface area contributed by atoms with Crippen molar-refractivity contribution >= 4 is 0 Å². The fraction of sp³-hybridized carbons (Fsp3) is 0.625. The lowest BCUT2D eigenvalue weighted by molar-refractivity contribution is 0.00942. The Bertz CT molecular complexity index is 388. The van der Waals surface area contributed by atoms with E-state index in [0.29, 0.717) is 6.42 Å². The summed E-state index contributed by atoms with van der Waals surface area (Å²) in [6.45, 7) is 6.36. The summed E-state index contributed by atoms with van der Waals surface area (Å²) >= 11 is 0. The highest BCUT2D eigenvalue weighted by Crippen LogP contribution is 2.33. The van der Waals surface area contributed by atoms with Crippen LogP contribution >= 0.6 is 0 Å². The molecule has 19 heavy (non-hydrogen) atoms. The first-order valence-electron chi connectivity index (χ1n) is 7.16. The highest BCUT2D eigenvalue weighted by molar-refractivity contribution is 5.28. The molecule has 0 aromatic heterocycles. The molecule has 0 aliphatic carbocycles. The standard InChI is InChI=1S/C16H27NO2/c1-4-16(19,5-2)12(3)14-8-6-7-13(9-14)10-15(18)11-17/h6-9,12,15,18-19H,4-5,10-11,17H2,1-3H3. The summed E-state index contributed by atoms with van der Waals surface area (Å²) in [6, 6.07) is 8.08. The lowest BCUT2D eigenvalue weighted by atomic mass is 9.79. The molecule has 2 atom stereocenters. The summed E-state index contributed by atoms with van der Waals surface area (Å²) in [5.41, 5.74) is 6.96. The molecule has 0 heterocycles. The van der Waals surface area contributed by atoms with Gasteiger partial charge in [-0.05, 0) is 30.4 Å². The fourth-order valence-corrected chi connectivity index (χ4v) is 2.52. The van der Waals surface area contributed by atoms with Crippen molar-refractivity contribution in [3.05, 3.63) is 35.4 Å². The van der Waals surface area contributed by atoms with Gasteiger partial charge in [0.15, 0.2) is 0 Å². The molecule has 0 aliphatic rings. The number of hydrogen-bond donors (Lipinski definition) is 3. The number of rotatable bonds is 7. The van der Waals surface area contributed by atoms with E-state index in [1.54, 1.807) is 0 Å². The van der Waals surface area contributed by atoms with Gasteiger partial charge < -0.3 is 15.9 Å². The van der Waals surface area contributed by atoms with Crippen molar-refractivity contribution in [1.29, 1.82) is 0 Å². The molecule has 0 saturated heterocycles. The number of benzene rings is 1. The van der Waals surface area contributed by atoms with Crippen LogP contribution in [0, 0.1) is 0 Å². The Labute approximate surface area is 116 Å². The Hall–Kier alpha value is -0.900. The molecule has 108 valence electrons. The Morgan fingerprint density at radius 1 is 1.26 bits per heavy atom. The van der Waals surface area contributed by atoms with Crippen LogP contribution in [0.25, 0.3) is 0 Å². The number of aliphatic hydroxyl groups is 2. The smallest absolute Gasteiger partial charge is 0.0708 e. The van der Waals surface area contributed by atoms with Gasteiger partial charge in [-0.25, -0.2) is 0 Å². The minimum Gasteiger partial charge on any atom is -0.391 e. The first-order valence-corrected chi connectivity index (χ1v) is 7.16. The number of hydrogen-bond acceptors (Lipinski definition) is 3. The second-order valence-corrected chi connectivity index (χ2v) is 5.37. The summed E-state index contributed by atoms with van der Waals surface area (Å²) in [7, 11) is 0. The third kappa shape index (κ3) is 4.03. The third-order valence-electron chi connectivity index (χ3n) is 4.22. The van der Waals surface area contributed by atoms with Gasteiger partial charge in [-0.3, -0.25) is 0 Å². The van der Waals surface area contributed by atoms with Crippen LogP contribution in [0.3, 0.4) is 0 Å². The van der Waals surface area contributed by atoms with Gasteiger partial charge in [0.1, 0.15) is 0 Å². The SMILES string of the molecule is CCC(O)(CC)C(C)c1cccc(CC(O)CN)c1. The molecule has 0 saturated carbocycles. The Kier molecular flexibility index (Phi) is 5.98. The van der Waals surface area contributed by atoms with Gasteiger partial charge >= 0.3 is 0 Å². The Morgan fingerprint density at radius 2 is 1.89 bits per heavy atom. The molecule has 0 aliphatic heterocycles. The molecule has 1 rings (SSSR count). The molecule has 0 fully saturated rings. The number of aliphatic hydroxyl groups excluding tert-OH is 1. The van der Waals surface area contributed by atoms with Crippen LogP contribution in [0.1, 0.15) is 50.7 Å². The molecule has 0 spiro atoms. The summed E-state index contributed by atoms with van der Waals surface area (Å²) in [6.07, 6.45) is 1.54. The maximum Gasteiger partial charge on any atom is 0.0708 e. The molecule has 3 heteroatoms. The average Bonchev–Trinajstić information content (AvgIpc) is 2.45. The van der Waals surface area contributed by atoms with Gasteiger partial charge in [0.05, 0.1) is 11.7 Å². The average molecular weight is 265 g/mol. The molecule has 3 nitrogen and oxygen atoms in total. The van der Waals surface area contributed by atoms with Crippen LogP contribution in [0.5, 0.6) is 0 Å².